The minimum absolute atomic E-state index is 0. The average Bonchev–Trinajstić information content (AvgIpc) is 3.07. The summed E-state index contributed by atoms with van der Waals surface area (Å²) >= 11 is 0. The van der Waals surface area contributed by atoms with E-state index >= 15 is 0 Å². The second kappa shape index (κ2) is 7.71. The average molecular weight is 540 g/mol. The topological polar surface area (TPSA) is 17.8 Å². The maximum atomic E-state index is 4.45. The van der Waals surface area contributed by atoms with Gasteiger partial charge in [-0.2, -0.15) is 0 Å². The molecule has 0 aliphatic heterocycles. The molecule has 0 aliphatic rings. The van der Waals surface area contributed by atoms with Crippen molar-refractivity contribution in [2.24, 2.45) is 0 Å². The van der Waals surface area contributed by atoms with Crippen LogP contribution in [0.5, 0.6) is 0 Å². The predicted molar refractivity (Wildman–Crippen MR) is 113 cm³/mol. The van der Waals surface area contributed by atoms with Crippen LogP contribution in [0.15, 0.2) is 85.1 Å². The fourth-order valence-corrected chi connectivity index (χ4v) is 3.89. The number of para-hydroxylation sites is 1. The summed E-state index contributed by atoms with van der Waals surface area (Å²) in [5.74, 6) is 0. The van der Waals surface area contributed by atoms with Crippen molar-refractivity contribution in [3.8, 4) is 22.4 Å². The first-order valence-corrected chi connectivity index (χ1v) is 9.29. The van der Waals surface area contributed by atoms with Gasteiger partial charge in [-0.05, 0) is 42.4 Å². The molecule has 3 heteroatoms. The van der Waals surface area contributed by atoms with E-state index in [1.165, 1.54) is 32.9 Å². The Kier molecular flexibility index (Phi) is 5.13. The molecule has 2 nitrogen and oxygen atoms in total. The van der Waals surface area contributed by atoms with E-state index in [0.717, 1.165) is 17.8 Å². The number of aryl methyl sites for hydroxylation is 1. The minimum Gasteiger partial charge on any atom is -0.341 e. The van der Waals surface area contributed by atoms with E-state index in [1.807, 2.05) is 30.5 Å². The predicted octanol–water partition coefficient (Wildman–Crippen LogP) is 6.34. The van der Waals surface area contributed by atoms with Crippen LogP contribution in [-0.2, 0) is 26.7 Å². The smallest absolute Gasteiger partial charge is 0.0491 e. The monoisotopic (exact) mass is 540 g/mol. The number of rotatable bonds is 3. The van der Waals surface area contributed by atoms with Crippen molar-refractivity contribution >= 4 is 21.8 Å². The third kappa shape index (κ3) is 3.07. The second-order valence-electron chi connectivity index (χ2n) is 6.70. The molecule has 2 aromatic heterocycles. The fraction of sp³-hybridized carbons (Fsp3) is 0.0800. The molecule has 139 valence electrons. The number of nitrogens with zero attached hydrogens (tertiary/aromatic N) is 2. The van der Waals surface area contributed by atoms with Crippen LogP contribution in [0.3, 0.4) is 0 Å². The molecule has 0 spiro atoms. The Bertz CT molecular complexity index is 1260. The maximum Gasteiger partial charge on any atom is 0.0491 e. The first-order chi connectivity index (χ1) is 13.3. The van der Waals surface area contributed by atoms with Crippen molar-refractivity contribution in [3.05, 3.63) is 91.1 Å². The molecule has 28 heavy (non-hydrogen) atoms. The van der Waals surface area contributed by atoms with Gasteiger partial charge in [0.15, 0.2) is 0 Å². The summed E-state index contributed by atoms with van der Waals surface area (Å²) in [6, 6.07) is 31.0. The summed E-state index contributed by atoms with van der Waals surface area (Å²) in [7, 11) is 0. The van der Waals surface area contributed by atoms with Gasteiger partial charge < -0.3 is 9.55 Å². The van der Waals surface area contributed by atoms with Crippen molar-refractivity contribution < 1.29 is 20.1 Å². The zero-order chi connectivity index (χ0) is 18.2. The molecule has 3 aromatic carbocycles. The van der Waals surface area contributed by atoms with Gasteiger partial charge in [-0.15, -0.1) is 35.4 Å². The molecule has 0 aliphatic carbocycles. The zero-order valence-corrected chi connectivity index (χ0v) is 17.9. The van der Waals surface area contributed by atoms with Crippen LogP contribution in [0, 0.1) is 6.07 Å². The minimum atomic E-state index is 0. The summed E-state index contributed by atoms with van der Waals surface area (Å²) in [6.07, 6.45) is 1.82. The number of hydrogen-bond donors (Lipinski definition) is 0. The first-order valence-electron chi connectivity index (χ1n) is 9.29. The zero-order valence-electron chi connectivity index (χ0n) is 15.5. The Balaban J connectivity index is 0.00000192. The Hall–Kier alpha value is -2.74. The Morgan fingerprint density at radius 1 is 0.821 bits per heavy atom. The molecule has 1 radical (unpaired) electrons. The van der Waals surface area contributed by atoms with Gasteiger partial charge in [0.2, 0.25) is 0 Å². The SMILES string of the molecule is CCn1c2ccccc2c2cc(-c3cc[c-]c(-c4ccccn4)c3)ccc21.[Ir]. The van der Waals surface area contributed by atoms with E-state index in [2.05, 4.69) is 77.1 Å². The molecule has 0 bridgehead atoms. The molecule has 5 rings (SSSR count). The van der Waals surface area contributed by atoms with E-state index in [4.69, 9.17) is 0 Å². The third-order valence-corrected chi connectivity index (χ3v) is 5.16. The van der Waals surface area contributed by atoms with Crippen molar-refractivity contribution in [3.63, 3.8) is 0 Å². The van der Waals surface area contributed by atoms with Gasteiger partial charge >= 0.3 is 0 Å². The van der Waals surface area contributed by atoms with Crippen LogP contribution in [0.1, 0.15) is 6.92 Å². The van der Waals surface area contributed by atoms with Crippen LogP contribution in [0.4, 0.5) is 0 Å². The molecule has 0 saturated carbocycles. The van der Waals surface area contributed by atoms with E-state index in [9.17, 15) is 0 Å². The van der Waals surface area contributed by atoms with Gasteiger partial charge in [0.1, 0.15) is 0 Å². The largest absolute Gasteiger partial charge is 0.341 e. The Morgan fingerprint density at radius 3 is 2.43 bits per heavy atom. The molecular weight excluding hydrogens is 521 g/mol. The molecular formula is C25H19IrN2-. The van der Waals surface area contributed by atoms with E-state index in [0.29, 0.717) is 0 Å². The van der Waals surface area contributed by atoms with Gasteiger partial charge in [-0.1, -0.05) is 36.4 Å². The standard InChI is InChI=1S/C25H19N2.Ir/c1-2-27-24-12-4-3-10-21(24)22-17-19(13-14-25(22)27)18-8-7-9-20(16-18)23-11-5-6-15-26-23;/h3-8,10-17H,2H2,1H3;/q-1;. The van der Waals surface area contributed by atoms with Crippen molar-refractivity contribution in [2.75, 3.05) is 0 Å². The van der Waals surface area contributed by atoms with Gasteiger partial charge in [0.05, 0.1) is 0 Å². The normalized spacial score (nSPS) is 10.9. The quantitative estimate of drug-likeness (QED) is 0.245. The fourth-order valence-electron chi connectivity index (χ4n) is 3.89. The Labute approximate surface area is 178 Å². The molecule has 0 N–H and O–H groups in total. The molecule has 0 saturated heterocycles. The van der Waals surface area contributed by atoms with Crippen LogP contribution in [-0.4, -0.2) is 9.55 Å². The molecule has 5 aromatic rings. The van der Waals surface area contributed by atoms with Gasteiger partial charge in [-0.25, -0.2) is 0 Å². The Morgan fingerprint density at radius 2 is 1.61 bits per heavy atom. The molecule has 0 amide bonds. The summed E-state index contributed by atoms with van der Waals surface area (Å²) in [4.78, 5) is 4.45. The molecule has 2 heterocycles. The summed E-state index contributed by atoms with van der Waals surface area (Å²) in [6.45, 7) is 3.17. The molecule has 0 atom stereocenters. The summed E-state index contributed by atoms with van der Waals surface area (Å²) < 4.78 is 2.38. The first kappa shape index (κ1) is 18.6. The molecule has 0 fully saturated rings. The third-order valence-electron chi connectivity index (χ3n) is 5.16. The number of aromatic nitrogens is 2. The van der Waals surface area contributed by atoms with E-state index in [-0.39, 0.29) is 20.1 Å². The second-order valence-corrected chi connectivity index (χ2v) is 6.70. The van der Waals surface area contributed by atoms with Gasteiger partial charge in [0, 0.05) is 54.7 Å². The summed E-state index contributed by atoms with van der Waals surface area (Å²) in [5.41, 5.74) is 6.95. The van der Waals surface area contributed by atoms with Crippen LogP contribution < -0.4 is 0 Å². The number of hydrogen-bond acceptors (Lipinski definition) is 1. The summed E-state index contributed by atoms with van der Waals surface area (Å²) in [5, 5.41) is 2.61. The number of fused-ring (bicyclic) bond motifs is 3. The van der Waals surface area contributed by atoms with Crippen molar-refractivity contribution in [1.82, 2.24) is 9.55 Å². The maximum absolute atomic E-state index is 4.45. The van der Waals surface area contributed by atoms with Crippen molar-refractivity contribution in [2.45, 2.75) is 13.5 Å². The van der Waals surface area contributed by atoms with Crippen LogP contribution in [0.25, 0.3) is 44.2 Å². The molecule has 0 unspecified atom stereocenters. The van der Waals surface area contributed by atoms with Crippen molar-refractivity contribution in [1.29, 1.82) is 0 Å². The van der Waals surface area contributed by atoms with Gasteiger partial charge in [-0.3, -0.25) is 0 Å². The van der Waals surface area contributed by atoms with Gasteiger partial charge in [0.25, 0.3) is 0 Å². The van der Waals surface area contributed by atoms with E-state index in [1.54, 1.807) is 0 Å². The van der Waals surface area contributed by atoms with E-state index < -0.39 is 0 Å². The van der Waals surface area contributed by atoms with Crippen LogP contribution in [0.2, 0.25) is 0 Å². The number of pyridine rings is 1. The van der Waals surface area contributed by atoms with Crippen LogP contribution >= 0.6 is 0 Å². The number of benzene rings is 3.